The Kier molecular flexibility index (Phi) is 7.67. The first kappa shape index (κ1) is 19.5. The number of aliphatic imine (C=N–C) groups is 1. The topological polar surface area (TPSA) is 80.5 Å². The van der Waals surface area contributed by atoms with Crippen molar-refractivity contribution >= 4 is 11.9 Å². The van der Waals surface area contributed by atoms with E-state index in [1.54, 1.807) is 13.2 Å². The third-order valence-electron chi connectivity index (χ3n) is 3.67. The van der Waals surface area contributed by atoms with Gasteiger partial charge in [0, 0.05) is 32.5 Å². The lowest BCUT2D eigenvalue weighted by Crippen LogP contribution is -2.38. The summed E-state index contributed by atoms with van der Waals surface area (Å²) in [5.41, 5.74) is 2.37. The number of esters is 1. The van der Waals surface area contributed by atoms with Crippen LogP contribution in [0.5, 0.6) is 0 Å². The number of benzene rings is 1. The lowest BCUT2D eigenvalue weighted by Gasteiger charge is -2.14. The summed E-state index contributed by atoms with van der Waals surface area (Å²) in [6.45, 7) is 5.50. The maximum Gasteiger partial charge on any atom is 0.307 e. The van der Waals surface area contributed by atoms with Crippen molar-refractivity contribution in [2.45, 2.75) is 39.5 Å². The van der Waals surface area contributed by atoms with Gasteiger partial charge < -0.3 is 15.4 Å². The van der Waals surface area contributed by atoms with E-state index in [9.17, 15) is 4.79 Å². The van der Waals surface area contributed by atoms with Gasteiger partial charge in [0.2, 0.25) is 0 Å². The zero-order valence-corrected chi connectivity index (χ0v) is 15.6. The standard InChI is InChI=1S/C19H27N5O2/c1-15(2)26-18(25)9-11-21-19(20-3)22-13-16-7-4-5-8-17(16)14-24-12-6-10-23-24/h4-8,10,12,15H,9,11,13-14H2,1-3H3,(H2,20,21,22). The summed E-state index contributed by atoms with van der Waals surface area (Å²) < 4.78 is 7.01. The molecule has 0 aliphatic carbocycles. The molecular formula is C19H27N5O2. The number of nitrogens with zero attached hydrogens (tertiary/aromatic N) is 3. The van der Waals surface area contributed by atoms with Gasteiger partial charge in [0.1, 0.15) is 0 Å². The summed E-state index contributed by atoms with van der Waals surface area (Å²) in [6.07, 6.45) is 3.93. The van der Waals surface area contributed by atoms with Gasteiger partial charge >= 0.3 is 5.97 Å². The van der Waals surface area contributed by atoms with Crippen LogP contribution < -0.4 is 10.6 Å². The fourth-order valence-corrected chi connectivity index (χ4v) is 2.46. The highest BCUT2D eigenvalue weighted by atomic mass is 16.5. The number of hydrogen-bond donors (Lipinski definition) is 2. The minimum absolute atomic E-state index is 0.0915. The smallest absolute Gasteiger partial charge is 0.307 e. The Morgan fingerprint density at radius 2 is 2.00 bits per heavy atom. The highest BCUT2D eigenvalue weighted by Crippen LogP contribution is 2.10. The van der Waals surface area contributed by atoms with Crippen molar-refractivity contribution in [1.82, 2.24) is 20.4 Å². The van der Waals surface area contributed by atoms with E-state index >= 15 is 0 Å². The minimum atomic E-state index is -0.215. The summed E-state index contributed by atoms with van der Waals surface area (Å²) in [6, 6.07) is 10.1. The van der Waals surface area contributed by atoms with Gasteiger partial charge in [-0.05, 0) is 31.0 Å². The largest absolute Gasteiger partial charge is 0.463 e. The van der Waals surface area contributed by atoms with Gasteiger partial charge in [-0.2, -0.15) is 5.10 Å². The Hall–Kier alpha value is -2.83. The van der Waals surface area contributed by atoms with Crippen molar-refractivity contribution in [2.75, 3.05) is 13.6 Å². The number of nitrogens with one attached hydrogen (secondary N) is 2. The molecule has 1 heterocycles. The molecular weight excluding hydrogens is 330 g/mol. The van der Waals surface area contributed by atoms with E-state index in [0.29, 0.717) is 25.5 Å². The van der Waals surface area contributed by atoms with Crippen LogP contribution in [0, 0.1) is 0 Å². The van der Waals surface area contributed by atoms with Crippen LogP contribution in [0.25, 0.3) is 0 Å². The van der Waals surface area contributed by atoms with Crippen LogP contribution in [-0.2, 0) is 22.6 Å². The predicted molar refractivity (Wildman–Crippen MR) is 102 cm³/mol. The van der Waals surface area contributed by atoms with E-state index in [-0.39, 0.29) is 12.1 Å². The second-order valence-corrected chi connectivity index (χ2v) is 6.11. The Morgan fingerprint density at radius 3 is 2.65 bits per heavy atom. The van der Waals surface area contributed by atoms with Crippen LogP contribution in [0.15, 0.2) is 47.7 Å². The molecule has 1 aromatic carbocycles. The van der Waals surface area contributed by atoms with Crippen LogP contribution >= 0.6 is 0 Å². The molecule has 2 aromatic rings. The van der Waals surface area contributed by atoms with Gasteiger partial charge in [-0.15, -0.1) is 0 Å². The highest BCUT2D eigenvalue weighted by molar-refractivity contribution is 5.80. The molecule has 0 fully saturated rings. The van der Waals surface area contributed by atoms with E-state index in [1.807, 2.05) is 42.9 Å². The number of carbonyl (C=O) groups excluding carboxylic acids is 1. The summed E-state index contributed by atoms with van der Waals surface area (Å²) >= 11 is 0. The lowest BCUT2D eigenvalue weighted by molar-refractivity contribution is -0.147. The van der Waals surface area contributed by atoms with Crippen LogP contribution in [0.4, 0.5) is 0 Å². The van der Waals surface area contributed by atoms with Crippen LogP contribution in [0.1, 0.15) is 31.4 Å². The van der Waals surface area contributed by atoms with Crippen molar-refractivity contribution in [2.24, 2.45) is 4.99 Å². The fraction of sp³-hybridized carbons (Fsp3) is 0.421. The third-order valence-corrected chi connectivity index (χ3v) is 3.67. The molecule has 0 amide bonds. The third kappa shape index (κ3) is 6.58. The fourth-order valence-electron chi connectivity index (χ4n) is 2.46. The molecule has 0 saturated carbocycles. The molecule has 0 unspecified atom stereocenters. The van der Waals surface area contributed by atoms with Crippen LogP contribution in [0.2, 0.25) is 0 Å². The quantitative estimate of drug-likeness (QED) is 0.429. The number of ether oxygens (including phenoxy) is 1. The van der Waals surface area contributed by atoms with Gasteiger partial charge in [0.05, 0.1) is 19.1 Å². The minimum Gasteiger partial charge on any atom is -0.463 e. The maximum atomic E-state index is 11.6. The Bertz CT molecular complexity index is 710. The number of rotatable bonds is 8. The van der Waals surface area contributed by atoms with Crippen molar-refractivity contribution in [3.63, 3.8) is 0 Å². The SMILES string of the molecule is CN=C(NCCC(=O)OC(C)C)NCc1ccccc1Cn1cccn1. The maximum absolute atomic E-state index is 11.6. The van der Waals surface area contributed by atoms with E-state index in [0.717, 1.165) is 6.54 Å². The molecule has 26 heavy (non-hydrogen) atoms. The molecule has 1 aromatic heterocycles. The normalized spacial score (nSPS) is 11.5. The van der Waals surface area contributed by atoms with E-state index < -0.39 is 0 Å². The highest BCUT2D eigenvalue weighted by Gasteiger charge is 2.07. The number of hydrogen-bond acceptors (Lipinski definition) is 4. The monoisotopic (exact) mass is 357 g/mol. The second-order valence-electron chi connectivity index (χ2n) is 6.11. The van der Waals surface area contributed by atoms with Crippen molar-refractivity contribution in [3.8, 4) is 0 Å². The molecule has 7 nitrogen and oxygen atoms in total. The van der Waals surface area contributed by atoms with Crippen molar-refractivity contribution in [1.29, 1.82) is 0 Å². The van der Waals surface area contributed by atoms with Gasteiger partial charge in [-0.3, -0.25) is 14.5 Å². The van der Waals surface area contributed by atoms with Crippen molar-refractivity contribution < 1.29 is 9.53 Å². The first-order valence-electron chi connectivity index (χ1n) is 8.76. The second kappa shape index (κ2) is 10.2. The predicted octanol–water partition coefficient (Wildman–Crippen LogP) is 1.94. The van der Waals surface area contributed by atoms with Gasteiger partial charge in [0.25, 0.3) is 0 Å². The Labute approximate surface area is 154 Å². The number of aromatic nitrogens is 2. The van der Waals surface area contributed by atoms with Crippen LogP contribution in [-0.4, -0.2) is 41.4 Å². The molecule has 7 heteroatoms. The molecule has 0 bridgehead atoms. The summed E-state index contributed by atoms with van der Waals surface area (Å²) in [5, 5.41) is 10.7. The molecule has 0 saturated heterocycles. The van der Waals surface area contributed by atoms with E-state index in [4.69, 9.17) is 4.74 Å². The van der Waals surface area contributed by atoms with Crippen LogP contribution in [0.3, 0.4) is 0 Å². The molecule has 0 aliphatic heterocycles. The zero-order valence-electron chi connectivity index (χ0n) is 15.6. The molecule has 0 aliphatic rings. The molecule has 2 N–H and O–H groups in total. The number of carbonyl (C=O) groups is 1. The van der Waals surface area contributed by atoms with Crippen molar-refractivity contribution in [3.05, 3.63) is 53.9 Å². The van der Waals surface area contributed by atoms with E-state index in [2.05, 4.69) is 32.9 Å². The lowest BCUT2D eigenvalue weighted by atomic mass is 10.1. The first-order valence-corrected chi connectivity index (χ1v) is 8.76. The molecule has 0 atom stereocenters. The number of guanidine groups is 1. The summed E-state index contributed by atoms with van der Waals surface area (Å²) in [5.74, 6) is 0.434. The van der Waals surface area contributed by atoms with Gasteiger partial charge in [-0.1, -0.05) is 24.3 Å². The summed E-state index contributed by atoms with van der Waals surface area (Å²) in [4.78, 5) is 15.8. The molecule has 0 radical (unpaired) electrons. The Balaban J connectivity index is 1.84. The summed E-state index contributed by atoms with van der Waals surface area (Å²) in [7, 11) is 1.71. The average molecular weight is 357 g/mol. The zero-order chi connectivity index (χ0) is 18.8. The van der Waals surface area contributed by atoms with Gasteiger partial charge in [0.15, 0.2) is 5.96 Å². The molecule has 140 valence electrons. The van der Waals surface area contributed by atoms with Gasteiger partial charge in [-0.25, -0.2) is 0 Å². The average Bonchev–Trinajstić information content (AvgIpc) is 3.11. The molecule has 0 spiro atoms. The first-order chi connectivity index (χ1) is 12.6. The Morgan fingerprint density at radius 1 is 1.23 bits per heavy atom. The van der Waals surface area contributed by atoms with E-state index in [1.165, 1.54) is 11.1 Å². The molecule has 2 rings (SSSR count).